The van der Waals surface area contributed by atoms with E-state index in [-0.39, 0.29) is 17.3 Å². The summed E-state index contributed by atoms with van der Waals surface area (Å²) in [5.41, 5.74) is 0.916. The van der Waals surface area contributed by atoms with Crippen molar-refractivity contribution in [1.29, 1.82) is 0 Å². The molecule has 146 valence electrons. The molecule has 2 aromatic rings. The number of halogens is 1. The van der Waals surface area contributed by atoms with Crippen LogP contribution in [-0.2, 0) is 27.8 Å². The lowest BCUT2D eigenvalue weighted by Crippen LogP contribution is -2.37. The van der Waals surface area contributed by atoms with Crippen LogP contribution in [0.15, 0.2) is 53.9 Å². The van der Waals surface area contributed by atoms with Crippen molar-refractivity contribution in [3.63, 3.8) is 0 Å². The van der Waals surface area contributed by atoms with Crippen LogP contribution < -0.4 is 10.5 Å². The summed E-state index contributed by atoms with van der Waals surface area (Å²) < 4.78 is 23.2. The van der Waals surface area contributed by atoms with Crippen LogP contribution in [0.25, 0.3) is 0 Å². The molecular weight excluding hydrogens is 406 g/mol. The number of sulfonamides is 1. The molecular formula is C18H22ClN3O3S2. The second-order valence-corrected chi connectivity index (χ2v) is 9.31. The molecule has 0 saturated heterocycles. The van der Waals surface area contributed by atoms with Gasteiger partial charge in [0.25, 0.3) is 0 Å². The first-order valence-electron chi connectivity index (χ1n) is 8.24. The Labute approximate surface area is 168 Å². The number of hydrogen-bond donors (Lipinski definition) is 2. The monoisotopic (exact) mass is 427 g/mol. The van der Waals surface area contributed by atoms with E-state index in [2.05, 4.69) is 11.9 Å². The predicted molar refractivity (Wildman–Crippen MR) is 109 cm³/mol. The van der Waals surface area contributed by atoms with Crippen LogP contribution in [0.5, 0.6) is 0 Å². The molecule has 9 heteroatoms. The van der Waals surface area contributed by atoms with Gasteiger partial charge >= 0.3 is 0 Å². The Morgan fingerprint density at radius 1 is 1.26 bits per heavy atom. The van der Waals surface area contributed by atoms with E-state index in [1.165, 1.54) is 23.5 Å². The van der Waals surface area contributed by atoms with E-state index in [1.807, 2.05) is 17.0 Å². The lowest BCUT2D eigenvalue weighted by molar-refractivity contribution is -0.122. The molecule has 0 radical (unpaired) electrons. The highest BCUT2D eigenvalue weighted by Gasteiger charge is 2.11. The van der Waals surface area contributed by atoms with Crippen molar-refractivity contribution in [2.24, 2.45) is 5.14 Å². The number of rotatable bonds is 10. The maximum absolute atomic E-state index is 12.2. The molecule has 0 unspecified atom stereocenters. The number of nitrogens with one attached hydrogen (secondary N) is 1. The second kappa shape index (κ2) is 10.0. The molecule has 0 bridgehead atoms. The third kappa shape index (κ3) is 7.43. The molecule has 0 aliphatic rings. The average Bonchev–Trinajstić information content (AvgIpc) is 2.99. The topological polar surface area (TPSA) is 92.5 Å². The summed E-state index contributed by atoms with van der Waals surface area (Å²) in [6.45, 7) is 5.67. The van der Waals surface area contributed by atoms with Gasteiger partial charge in [-0.1, -0.05) is 29.8 Å². The minimum absolute atomic E-state index is 0.0732. The Kier molecular flexibility index (Phi) is 8.00. The summed E-state index contributed by atoms with van der Waals surface area (Å²) in [5.74, 6) is -0.0827. The van der Waals surface area contributed by atoms with Gasteiger partial charge in [0.1, 0.15) is 0 Å². The highest BCUT2D eigenvalue weighted by Crippen LogP contribution is 2.22. The van der Waals surface area contributed by atoms with Crippen LogP contribution in [-0.4, -0.2) is 38.9 Å². The van der Waals surface area contributed by atoms with E-state index < -0.39 is 10.0 Å². The maximum atomic E-state index is 12.2. The van der Waals surface area contributed by atoms with Crippen LogP contribution >= 0.6 is 22.9 Å². The summed E-state index contributed by atoms with van der Waals surface area (Å²) in [6, 6.07) is 10.1. The van der Waals surface area contributed by atoms with E-state index >= 15 is 0 Å². The third-order valence-electron chi connectivity index (χ3n) is 3.75. The van der Waals surface area contributed by atoms with Gasteiger partial charge in [0.05, 0.1) is 15.8 Å². The number of thiophene rings is 1. The first-order chi connectivity index (χ1) is 12.8. The van der Waals surface area contributed by atoms with E-state index in [4.69, 9.17) is 16.7 Å². The Bertz CT molecular complexity index is 880. The summed E-state index contributed by atoms with van der Waals surface area (Å²) in [7, 11) is -3.69. The van der Waals surface area contributed by atoms with Crippen molar-refractivity contribution in [3.05, 3.63) is 63.8 Å². The fourth-order valence-corrected chi connectivity index (χ4v) is 4.12. The minimum Gasteiger partial charge on any atom is -0.355 e. The fourth-order valence-electron chi connectivity index (χ4n) is 2.48. The summed E-state index contributed by atoms with van der Waals surface area (Å²) in [4.78, 5) is 15.3. The number of nitrogens with two attached hydrogens (primary N) is 1. The predicted octanol–water partition coefficient (Wildman–Crippen LogP) is 2.40. The number of carbonyl (C=O) groups is 1. The van der Waals surface area contributed by atoms with E-state index in [1.54, 1.807) is 18.2 Å². The minimum atomic E-state index is -3.69. The number of carbonyl (C=O) groups excluding carboxylic acids is 1. The molecule has 0 aliphatic carbocycles. The van der Waals surface area contributed by atoms with Gasteiger partial charge in [-0.3, -0.25) is 9.69 Å². The molecule has 3 N–H and O–H groups in total. The first kappa shape index (κ1) is 21.6. The fraction of sp³-hybridized carbons (Fsp3) is 0.278. The van der Waals surface area contributed by atoms with Gasteiger partial charge in [-0.05, 0) is 36.2 Å². The maximum Gasteiger partial charge on any atom is 0.238 e. The number of nitrogens with zero attached hydrogens (tertiary/aromatic N) is 1. The summed E-state index contributed by atoms with van der Waals surface area (Å²) in [5, 5.41) is 7.95. The molecule has 6 nitrogen and oxygen atoms in total. The molecule has 1 aromatic carbocycles. The van der Waals surface area contributed by atoms with Crippen LogP contribution in [0.1, 0.15) is 10.4 Å². The SMILES string of the molecule is C=CCN(CC(=O)NCCc1ccc(S(N)(=O)=O)cc1)Cc1ccc(Cl)s1. The van der Waals surface area contributed by atoms with E-state index in [0.717, 1.165) is 14.8 Å². The van der Waals surface area contributed by atoms with Crippen molar-refractivity contribution in [2.45, 2.75) is 17.9 Å². The smallest absolute Gasteiger partial charge is 0.238 e. The average molecular weight is 428 g/mol. The number of primary sulfonamides is 1. The normalized spacial score (nSPS) is 11.5. The molecule has 1 amide bonds. The Morgan fingerprint density at radius 3 is 2.52 bits per heavy atom. The van der Waals surface area contributed by atoms with Gasteiger partial charge in [0, 0.05) is 24.5 Å². The third-order valence-corrected chi connectivity index (χ3v) is 5.90. The van der Waals surface area contributed by atoms with E-state index in [0.29, 0.717) is 26.1 Å². The molecule has 27 heavy (non-hydrogen) atoms. The number of benzene rings is 1. The van der Waals surface area contributed by atoms with Gasteiger partial charge in [0.2, 0.25) is 15.9 Å². The van der Waals surface area contributed by atoms with Crippen molar-refractivity contribution in [3.8, 4) is 0 Å². The van der Waals surface area contributed by atoms with Crippen LogP contribution in [0, 0.1) is 0 Å². The van der Waals surface area contributed by atoms with Crippen molar-refractivity contribution < 1.29 is 13.2 Å². The van der Waals surface area contributed by atoms with Crippen LogP contribution in [0.2, 0.25) is 4.34 Å². The Morgan fingerprint density at radius 2 is 1.96 bits per heavy atom. The zero-order valence-electron chi connectivity index (χ0n) is 14.7. The lowest BCUT2D eigenvalue weighted by Gasteiger charge is -2.19. The van der Waals surface area contributed by atoms with Gasteiger partial charge in [0.15, 0.2) is 0 Å². The van der Waals surface area contributed by atoms with Crippen LogP contribution in [0.3, 0.4) is 0 Å². The van der Waals surface area contributed by atoms with Gasteiger partial charge in [-0.25, -0.2) is 13.6 Å². The zero-order valence-corrected chi connectivity index (χ0v) is 17.1. The lowest BCUT2D eigenvalue weighted by atomic mass is 10.1. The molecule has 0 saturated carbocycles. The molecule has 1 heterocycles. The first-order valence-corrected chi connectivity index (χ1v) is 11.0. The van der Waals surface area contributed by atoms with Crippen molar-refractivity contribution >= 4 is 38.9 Å². The van der Waals surface area contributed by atoms with Crippen molar-refractivity contribution in [2.75, 3.05) is 19.6 Å². The molecule has 0 fully saturated rings. The molecule has 0 aliphatic heterocycles. The largest absolute Gasteiger partial charge is 0.355 e. The molecule has 1 aromatic heterocycles. The number of amides is 1. The zero-order chi connectivity index (χ0) is 19.9. The van der Waals surface area contributed by atoms with Gasteiger partial charge < -0.3 is 5.32 Å². The molecule has 2 rings (SSSR count). The molecule has 0 atom stereocenters. The Balaban J connectivity index is 1.80. The summed E-state index contributed by atoms with van der Waals surface area (Å²) >= 11 is 7.44. The quantitative estimate of drug-likeness (QED) is 0.569. The summed E-state index contributed by atoms with van der Waals surface area (Å²) in [6.07, 6.45) is 2.36. The van der Waals surface area contributed by atoms with Crippen LogP contribution in [0.4, 0.5) is 0 Å². The Hall–Kier alpha value is -1.71. The van der Waals surface area contributed by atoms with E-state index in [9.17, 15) is 13.2 Å². The molecule has 0 spiro atoms. The highest BCUT2D eigenvalue weighted by molar-refractivity contribution is 7.89. The van der Waals surface area contributed by atoms with Gasteiger partial charge in [-0.2, -0.15) is 0 Å². The highest BCUT2D eigenvalue weighted by atomic mass is 35.5. The van der Waals surface area contributed by atoms with Gasteiger partial charge in [-0.15, -0.1) is 17.9 Å². The van der Waals surface area contributed by atoms with Crippen molar-refractivity contribution in [1.82, 2.24) is 10.2 Å². The number of hydrogen-bond acceptors (Lipinski definition) is 5. The second-order valence-electron chi connectivity index (χ2n) is 5.95. The standard InChI is InChI=1S/C18H22ClN3O3S2/c1-2-11-22(12-15-5-8-17(19)26-15)13-18(23)21-10-9-14-3-6-16(7-4-14)27(20,24)25/h2-8H,1,9-13H2,(H,21,23)(H2,20,24,25).